The number of rotatable bonds is 2. The summed E-state index contributed by atoms with van der Waals surface area (Å²) in [5, 5.41) is 9.86. The molecule has 1 N–H and O–H groups in total. The minimum atomic E-state index is -0.221. The van der Waals surface area contributed by atoms with Gasteiger partial charge in [-0.25, -0.2) is 0 Å². The summed E-state index contributed by atoms with van der Waals surface area (Å²) in [5.41, 5.74) is 2.03. The number of aromatic nitrogens is 1. The number of nitrogens with one attached hydrogen (secondary N) is 1. The van der Waals surface area contributed by atoms with E-state index < -0.39 is 0 Å². The Morgan fingerprint density at radius 3 is 2.75 bits per heavy atom. The van der Waals surface area contributed by atoms with E-state index in [2.05, 4.69) is 18.0 Å². The van der Waals surface area contributed by atoms with Gasteiger partial charge in [-0.1, -0.05) is 32.3 Å². The van der Waals surface area contributed by atoms with E-state index in [-0.39, 0.29) is 11.2 Å². The fraction of sp³-hybridized carbons (Fsp3) is 0.412. The number of nitriles is 1. The molecule has 1 saturated carbocycles. The normalized spacial score (nSPS) is 17.8. The number of ketones is 1. The second kappa shape index (κ2) is 4.79. The summed E-state index contributed by atoms with van der Waals surface area (Å²) in [7, 11) is 0. The van der Waals surface area contributed by atoms with E-state index >= 15 is 0 Å². The number of carbonyl (C=O) groups is 1. The van der Waals surface area contributed by atoms with Gasteiger partial charge in [0.05, 0.1) is 11.6 Å². The molecule has 0 spiro atoms. The number of nitrogens with zero attached hydrogens (tertiary/aromatic N) is 1. The van der Waals surface area contributed by atoms with Crippen LogP contribution in [-0.4, -0.2) is 10.8 Å². The predicted octanol–water partition coefficient (Wildman–Crippen LogP) is 4.19. The van der Waals surface area contributed by atoms with Gasteiger partial charge in [0.25, 0.3) is 0 Å². The number of hydrogen-bond donors (Lipinski definition) is 1. The van der Waals surface area contributed by atoms with E-state index in [0.717, 1.165) is 42.1 Å². The highest BCUT2D eigenvalue weighted by molar-refractivity contribution is 6.10. The lowest BCUT2D eigenvalue weighted by atomic mass is 9.71. The molecule has 2 aromatic rings. The number of aromatic amines is 1. The van der Waals surface area contributed by atoms with E-state index in [0.29, 0.717) is 5.56 Å². The second-order valence-electron chi connectivity index (χ2n) is 6.02. The minimum Gasteiger partial charge on any atom is -0.360 e. The second-order valence-corrected chi connectivity index (χ2v) is 6.02. The quantitative estimate of drug-likeness (QED) is 0.828. The molecule has 20 heavy (non-hydrogen) atoms. The molecule has 3 rings (SSSR count). The van der Waals surface area contributed by atoms with Gasteiger partial charge in [0.15, 0.2) is 5.78 Å². The Kier molecular flexibility index (Phi) is 3.10. The minimum absolute atomic E-state index is 0.221. The molecule has 1 fully saturated rings. The number of fused-ring (bicyclic) bond motifs is 1. The summed E-state index contributed by atoms with van der Waals surface area (Å²) < 4.78 is 0. The fourth-order valence-electron chi connectivity index (χ4n) is 3.27. The third-order valence-corrected chi connectivity index (χ3v) is 4.56. The average molecular weight is 266 g/mol. The predicted molar refractivity (Wildman–Crippen MR) is 78.5 cm³/mol. The standard InChI is InChI=1S/C17H18N2O/c1-17(7-3-2-4-8-17)16(20)14-11-19-15-9-12(10-18)5-6-13(14)15/h5-6,9,11,19H,2-4,7-8H2,1H3. The van der Waals surface area contributed by atoms with Crippen molar-refractivity contribution in [2.45, 2.75) is 39.0 Å². The molecule has 1 aliphatic rings. The van der Waals surface area contributed by atoms with Crippen molar-refractivity contribution in [1.29, 1.82) is 5.26 Å². The molecule has 0 radical (unpaired) electrons. The van der Waals surface area contributed by atoms with Gasteiger partial charge in [-0.15, -0.1) is 0 Å². The zero-order chi connectivity index (χ0) is 14.2. The molecule has 0 unspecified atom stereocenters. The smallest absolute Gasteiger partial charge is 0.170 e. The van der Waals surface area contributed by atoms with E-state index in [9.17, 15) is 4.79 Å². The fourth-order valence-corrected chi connectivity index (χ4v) is 3.27. The molecule has 1 aliphatic carbocycles. The first kappa shape index (κ1) is 12.9. The molecule has 1 aromatic carbocycles. The largest absolute Gasteiger partial charge is 0.360 e. The first-order valence-electron chi connectivity index (χ1n) is 7.20. The number of Topliss-reactive ketones (excluding diaryl/α,β-unsaturated/α-hetero) is 1. The van der Waals surface area contributed by atoms with E-state index in [4.69, 9.17) is 5.26 Å². The number of carbonyl (C=O) groups excluding carboxylic acids is 1. The SMILES string of the molecule is CC1(C(=O)c2c[nH]c3cc(C#N)ccc23)CCCCC1. The van der Waals surface area contributed by atoms with Gasteiger partial charge in [0, 0.05) is 28.1 Å². The highest BCUT2D eigenvalue weighted by atomic mass is 16.1. The molecule has 0 atom stereocenters. The molecule has 0 bridgehead atoms. The molecule has 3 heteroatoms. The first-order valence-corrected chi connectivity index (χ1v) is 7.20. The van der Waals surface area contributed by atoms with E-state index in [1.54, 1.807) is 18.3 Å². The first-order chi connectivity index (χ1) is 9.64. The van der Waals surface area contributed by atoms with Crippen LogP contribution in [0.25, 0.3) is 10.9 Å². The van der Waals surface area contributed by atoms with Gasteiger partial charge in [-0.3, -0.25) is 4.79 Å². The van der Waals surface area contributed by atoms with Crippen molar-refractivity contribution in [3.63, 3.8) is 0 Å². The van der Waals surface area contributed by atoms with Gasteiger partial charge < -0.3 is 4.98 Å². The van der Waals surface area contributed by atoms with Crippen molar-refractivity contribution in [2.75, 3.05) is 0 Å². The van der Waals surface area contributed by atoms with Gasteiger partial charge in [0.1, 0.15) is 0 Å². The maximum atomic E-state index is 12.9. The van der Waals surface area contributed by atoms with Gasteiger partial charge in [-0.2, -0.15) is 5.26 Å². The number of benzene rings is 1. The molecule has 3 nitrogen and oxygen atoms in total. The van der Waals surface area contributed by atoms with Gasteiger partial charge >= 0.3 is 0 Å². The Bertz CT molecular complexity index is 699. The highest BCUT2D eigenvalue weighted by Gasteiger charge is 2.36. The molecule has 0 aliphatic heterocycles. The number of H-pyrrole nitrogens is 1. The lowest BCUT2D eigenvalue weighted by molar-refractivity contribution is 0.0751. The van der Waals surface area contributed by atoms with Crippen LogP contribution in [0, 0.1) is 16.7 Å². The maximum Gasteiger partial charge on any atom is 0.170 e. The molecular formula is C17H18N2O. The summed E-state index contributed by atoms with van der Waals surface area (Å²) in [6, 6.07) is 7.58. The summed E-state index contributed by atoms with van der Waals surface area (Å²) >= 11 is 0. The van der Waals surface area contributed by atoms with Crippen LogP contribution in [-0.2, 0) is 0 Å². The summed E-state index contributed by atoms with van der Waals surface area (Å²) in [6.45, 7) is 2.09. The van der Waals surface area contributed by atoms with Crippen molar-refractivity contribution in [3.8, 4) is 6.07 Å². The number of hydrogen-bond acceptors (Lipinski definition) is 2. The van der Waals surface area contributed by atoms with Crippen LogP contribution in [0.2, 0.25) is 0 Å². The maximum absolute atomic E-state index is 12.9. The lowest BCUT2D eigenvalue weighted by Crippen LogP contribution is -2.30. The van der Waals surface area contributed by atoms with Crippen molar-refractivity contribution in [1.82, 2.24) is 4.98 Å². The molecule has 1 aromatic heterocycles. The van der Waals surface area contributed by atoms with Crippen LogP contribution < -0.4 is 0 Å². The summed E-state index contributed by atoms with van der Waals surface area (Å²) in [5.74, 6) is 0.244. The van der Waals surface area contributed by atoms with Crippen LogP contribution in [0.4, 0.5) is 0 Å². The zero-order valence-electron chi connectivity index (χ0n) is 11.7. The van der Waals surface area contributed by atoms with Crippen molar-refractivity contribution in [3.05, 3.63) is 35.5 Å². The van der Waals surface area contributed by atoms with Crippen LogP contribution in [0.15, 0.2) is 24.4 Å². The molecular weight excluding hydrogens is 248 g/mol. The Balaban J connectivity index is 2.02. The third-order valence-electron chi connectivity index (χ3n) is 4.56. The topological polar surface area (TPSA) is 56.6 Å². The van der Waals surface area contributed by atoms with Crippen LogP contribution in [0.1, 0.15) is 54.9 Å². The van der Waals surface area contributed by atoms with Crippen LogP contribution in [0.3, 0.4) is 0 Å². The zero-order valence-corrected chi connectivity index (χ0v) is 11.7. The van der Waals surface area contributed by atoms with E-state index in [1.807, 2.05) is 6.07 Å². The Morgan fingerprint density at radius 2 is 2.05 bits per heavy atom. The summed E-state index contributed by atoms with van der Waals surface area (Å²) in [6.07, 6.45) is 7.28. The highest BCUT2D eigenvalue weighted by Crippen LogP contribution is 2.39. The van der Waals surface area contributed by atoms with Gasteiger partial charge in [-0.05, 0) is 25.0 Å². The molecule has 102 valence electrons. The van der Waals surface area contributed by atoms with Crippen LogP contribution >= 0.6 is 0 Å². The lowest BCUT2D eigenvalue weighted by Gasteiger charge is -2.31. The van der Waals surface area contributed by atoms with Crippen molar-refractivity contribution < 1.29 is 4.79 Å². The Labute approximate surface area is 118 Å². The average Bonchev–Trinajstić information content (AvgIpc) is 2.89. The molecule has 0 amide bonds. The summed E-state index contributed by atoms with van der Waals surface area (Å²) in [4.78, 5) is 16.0. The molecule has 1 heterocycles. The Hall–Kier alpha value is -2.08. The van der Waals surface area contributed by atoms with Crippen molar-refractivity contribution >= 4 is 16.7 Å². The third kappa shape index (κ3) is 2.02. The molecule has 0 saturated heterocycles. The van der Waals surface area contributed by atoms with E-state index in [1.165, 1.54) is 6.42 Å². The van der Waals surface area contributed by atoms with Crippen molar-refractivity contribution in [2.24, 2.45) is 5.41 Å². The van der Waals surface area contributed by atoms with Crippen LogP contribution in [0.5, 0.6) is 0 Å². The monoisotopic (exact) mass is 266 g/mol. The Morgan fingerprint density at radius 1 is 1.30 bits per heavy atom. The van der Waals surface area contributed by atoms with Gasteiger partial charge in [0.2, 0.25) is 0 Å².